The molecule has 0 spiro atoms. The van der Waals surface area contributed by atoms with Crippen molar-refractivity contribution >= 4 is 5.78 Å². The number of aliphatic hydroxyl groups is 1. The van der Waals surface area contributed by atoms with E-state index in [1.807, 2.05) is 0 Å². The topological polar surface area (TPSA) is 37.3 Å². The Balaban J connectivity index is 2.02. The first-order valence-corrected chi connectivity index (χ1v) is 6.22. The maximum atomic E-state index is 12.2. The summed E-state index contributed by atoms with van der Waals surface area (Å²) in [4.78, 5) is 12.2. The lowest BCUT2D eigenvalue weighted by Gasteiger charge is -2.23. The maximum Gasteiger partial charge on any atom is 0.190 e. The quantitative estimate of drug-likeness (QED) is 0.660. The molecule has 2 heteroatoms. The van der Waals surface area contributed by atoms with Crippen molar-refractivity contribution in [2.75, 3.05) is 0 Å². The van der Waals surface area contributed by atoms with Crippen LogP contribution in [-0.2, 0) is 4.79 Å². The first-order valence-electron chi connectivity index (χ1n) is 6.22. The van der Waals surface area contributed by atoms with E-state index in [2.05, 4.69) is 0 Å². The Hall–Kier alpha value is -0.630. The summed E-state index contributed by atoms with van der Waals surface area (Å²) in [5, 5.41) is 10.4. The van der Waals surface area contributed by atoms with E-state index < -0.39 is 5.60 Å². The van der Waals surface area contributed by atoms with Crippen LogP contribution < -0.4 is 0 Å². The molecule has 0 heterocycles. The zero-order valence-electron chi connectivity index (χ0n) is 9.09. The van der Waals surface area contributed by atoms with Crippen LogP contribution in [0.5, 0.6) is 0 Å². The van der Waals surface area contributed by atoms with Crippen molar-refractivity contribution in [1.29, 1.82) is 0 Å². The minimum Gasteiger partial charge on any atom is -0.381 e. The molecule has 3 aliphatic carbocycles. The number of hydrogen-bond donors (Lipinski definition) is 1. The predicted molar refractivity (Wildman–Crippen MR) is 57.4 cm³/mol. The lowest BCUT2D eigenvalue weighted by molar-refractivity contribution is -0.133. The molecule has 0 aromatic rings. The third-order valence-corrected chi connectivity index (χ3v) is 4.48. The second-order valence-electron chi connectivity index (χ2n) is 5.26. The number of Topliss-reactive ketones (excluding diaryl/α,β-unsaturated/α-hetero) is 1. The molecule has 0 amide bonds. The molecular formula is C13H18O2. The van der Waals surface area contributed by atoms with Crippen LogP contribution >= 0.6 is 0 Å². The van der Waals surface area contributed by atoms with Gasteiger partial charge in [0.05, 0.1) is 0 Å². The van der Waals surface area contributed by atoms with Crippen molar-refractivity contribution in [3.05, 3.63) is 11.1 Å². The molecule has 0 aliphatic heterocycles. The van der Waals surface area contributed by atoms with Crippen LogP contribution in [0, 0.1) is 5.92 Å². The third-order valence-electron chi connectivity index (χ3n) is 4.48. The number of rotatable bonds is 0. The fourth-order valence-corrected chi connectivity index (χ4v) is 3.73. The lowest BCUT2D eigenvalue weighted by Crippen LogP contribution is -2.38. The van der Waals surface area contributed by atoms with Gasteiger partial charge in [0.25, 0.3) is 0 Å². The average Bonchev–Trinajstić information content (AvgIpc) is 2.58. The van der Waals surface area contributed by atoms with Crippen LogP contribution in [-0.4, -0.2) is 16.5 Å². The van der Waals surface area contributed by atoms with Gasteiger partial charge in [0.1, 0.15) is 5.60 Å². The molecule has 15 heavy (non-hydrogen) atoms. The Kier molecular flexibility index (Phi) is 2.03. The third kappa shape index (κ3) is 1.17. The van der Waals surface area contributed by atoms with Crippen molar-refractivity contribution in [1.82, 2.24) is 0 Å². The van der Waals surface area contributed by atoms with Gasteiger partial charge in [-0.15, -0.1) is 0 Å². The molecule has 0 unspecified atom stereocenters. The van der Waals surface area contributed by atoms with Gasteiger partial charge in [-0.3, -0.25) is 4.79 Å². The number of carbonyl (C=O) groups is 1. The molecule has 1 saturated carbocycles. The van der Waals surface area contributed by atoms with E-state index in [-0.39, 0.29) is 11.7 Å². The summed E-state index contributed by atoms with van der Waals surface area (Å²) in [6.45, 7) is 0. The van der Waals surface area contributed by atoms with E-state index in [0.29, 0.717) is 6.42 Å². The van der Waals surface area contributed by atoms with E-state index in [1.165, 1.54) is 18.4 Å². The average molecular weight is 206 g/mol. The Morgan fingerprint density at radius 3 is 2.80 bits per heavy atom. The first kappa shape index (κ1) is 9.59. The Morgan fingerprint density at radius 1 is 1.13 bits per heavy atom. The highest BCUT2D eigenvalue weighted by atomic mass is 16.3. The Bertz CT molecular complexity index is 342. The fourth-order valence-electron chi connectivity index (χ4n) is 3.73. The second kappa shape index (κ2) is 3.18. The second-order valence-corrected chi connectivity index (χ2v) is 5.26. The van der Waals surface area contributed by atoms with E-state index in [9.17, 15) is 9.90 Å². The standard InChI is InChI=1S/C13H18O2/c14-12-10-6-3-1-2-5-9(10)11-7-4-8-13(11,12)15/h11,15H,1-8H2/t11-,13+/m0/s1. The van der Waals surface area contributed by atoms with Gasteiger partial charge in [-0.05, 0) is 50.5 Å². The van der Waals surface area contributed by atoms with Gasteiger partial charge in [-0.2, -0.15) is 0 Å². The normalized spacial score (nSPS) is 40.3. The fraction of sp³-hybridized carbons (Fsp3) is 0.769. The number of hydrogen-bond acceptors (Lipinski definition) is 2. The molecule has 0 aromatic carbocycles. The summed E-state index contributed by atoms with van der Waals surface area (Å²) in [6, 6.07) is 0. The van der Waals surface area contributed by atoms with Gasteiger partial charge in [0, 0.05) is 5.92 Å². The van der Waals surface area contributed by atoms with Crippen LogP contribution in [0.25, 0.3) is 0 Å². The molecular weight excluding hydrogens is 188 g/mol. The summed E-state index contributed by atoms with van der Waals surface area (Å²) in [7, 11) is 0. The molecule has 1 fully saturated rings. The van der Waals surface area contributed by atoms with Crippen molar-refractivity contribution in [3.63, 3.8) is 0 Å². The smallest absolute Gasteiger partial charge is 0.190 e. The van der Waals surface area contributed by atoms with Crippen LogP contribution in [0.3, 0.4) is 0 Å². The molecule has 0 radical (unpaired) electrons. The van der Waals surface area contributed by atoms with Gasteiger partial charge in [-0.25, -0.2) is 0 Å². The largest absolute Gasteiger partial charge is 0.381 e. The van der Waals surface area contributed by atoms with Gasteiger partial charge >= 0.3 is 0 Å². The predicted octanol–water partition coefficient (Wildman–Crippen LogP) is 2.36. The van der Waals surface area contributed by atoms with Crippen molar-refractivity contribution < 1.29 is 9.90 Å². The molecule has 82 valence electrons. The molecule has 0 saturated heterocycles. The lowest BCUT2D eigenvalue weighted by atomic mass is 9.87. The number of carbonyl (C=O) groups excluding carboxylic acids is 1. The molecule has 2 nitrogen and oxygen atoms in total. The van der Waals surface area contributed by atoms with Crippen molar-refractivity contribution in [2.45, 2.75) is 57.0 Å². The van der Waals surface area contributed by atoms with E-state index >= 15 is 0 Å². The highest BCUT2D eigenvalue weighted by Gasteiger charge is 2.55. The van der Waals surface area contributed by atoms with Crippen molar-refractivity contribution in [3.8, 4) is 0 Å². The summed E-state index contributed by atoms with van der Waals surface area (Å²) in [5.74, 6) is 0.278. The van der Waals surface area contributed by atoms with E-state index in [4.69, 9.17) is 0 Å². The Morgan fingerprint density at radius 2 is 1.93 bits per heavy atom. The number of ketones is 1. The molecule has 3 aliphatic rings. The van der Waals surface area contributed by atoms with Gasteiger partial charge < -0.3 is 5.11 Å². The molecule has 1 N–H and O–H groups in total. The van der Waals surface area contributed by atoms with Gasteiger partial charge in [-0.1, -0.05) is 12.0 Å². The summed E-state index contributed by atoms with van der Waals surface area (Å²) >= 11 is 0. The molecule has 2 atom stereocenters. The van der Waals surface area contributed by atoms with E-state index in [1.54, 1.807) is 0 Å². The first-order chi connectivity index (χ1) is 7.23. The zero-order valence-corrected chi connectivity index (χ0v) is 9.09. The highest BCUT2D eigenvalue weighted by Crippen LogP contribution is 2.51. The molecule has 3 rings (SSSR count). The van der Waals surface area contributed by atoms with Crippen LogP contribution in [0.15, 0.2) is 11.1 Å². The van der Waals surface area contributed by atoms with Crippen LogP contribution in [0.1, 0.15) is 51.4 Å². The van der Waals surface area contributed by atoms with Crippen molar-refractivity contribution in [2.24, 2.45) is 5.92 Å². The maximum absolute atomic E-state index is 12.2. The van der Waals surface area contributed by atoms with Gasteiger partial charge in [0.15, 0.2) is 5.78 Å². The zero-order chi connectivity index (χ0) is 10.5. The van der Waals surface area contributed by atoms with Crippen LogP contribution in [0.4, 0.5) is 0 Å². The van der Waals surface area contributed by atoms with Gasteiger partial charge in [0.2, 0.25) is 0 Å². The van der Waals surface area contributed by atoms with Crippen LogP contribution in [0.2, 0.25) is 0 Å². The minimum absolute atomic E-state index is 0.0851. The highest BCUT2D eigenvalue weighted by molar-refractivity contribution is 6.06. The summed E-state index contributed by atoms with van der Waals surface area (Å²) < 4.78 is 0. The summed E-state index contributed by atoms with van der Waals surface area (Å²) in [6.07, 6.45) is 8.31. The summed E-state index contributed by atoms with van der Waals surface area (Å²) in [5.41, 5.74) is 1.37. The SMILES string of the molecule is O=C1C2=C(CCCCC2)[C@@H]2CCC[C@]12O. The minimum atomic E-state index is -0.970. The molecule has 0 bridgehead atoms. The molecule has 0 aromatic heterocycles. The number of fused-ring (bicyclic) bond motifs is 2. The monoisotopic (exact) mass is 206 g/mol. The Labute approximate surface area is 90.4 Å². The van der Waals surface area contributed by atoms with E-state index in [0.717, 1.165) is 37.7 Å².